The van der Waals surface area contributed by atoms with Crippen LogP contribution in [0.4, 0.5) is 0 Å². The van der Waals surface area contributed by atoms with Gasteiger partial charge in [-0.25, -0.2) is 5.43 Å². The van der Waals surface area contributed by atoms with Crippen LogP contribution in [-0.4, -0.2) is 4.98 Å². The summed E-state index contributed by atoms with van der Waals surface area (Å²) < 4.78 is 0.958. The number of hydrogen-bond donors (Lipinski definition) is 2. The number of nitrogens with two attached hydrogens (primary N) is 1. The maximum atomic E-state index is 5.57. The van der Waals surface area contributed by atoms with Gasteiger partial charge in [-0.3, -0.25) is 10.8 Å². The Labute approximate surface area is 103 Å². The molecule has 0 fully saturated rings. The topological polar surface area (TPSA) is 50.9 Å². The fourth-order valence-electron chi connectivity index (χ4n) is 1.56. The fourth-order valence-corrected chi connectivity index (χ4v) is 1.79. The minimum atomic E-state index is -0.0747. The molecule has 0 bridgehead atoms. The molecule has 0 saturated heterocycles. The lowest BCUT2D eigenvalue weighted by Gasteiger charge is -2.15. The van der Waals surface area contributed by atoms with Gasteiger partial charge in [0.15, 0.2) is 0 Å². The lowest BCUT2D eigenvalue weighted by Crippen LogP contribution is -2.29. The van der Waals surface area contributed by atoms with E-state index < -0.39 is 0 Å². The highest BCUT2D eigenvalue weighted by atomic mass is 79.9. The van der Waals surface area contributed by atoms with Crippen molar-refractivity contribution >= 4 is 15.9 Å². The van der Waals surface area contributed by atoms with E-state index in [4.69, 9.17) is 5.84 Å². The molecule has 0 saturated carbocycles. The molecule has 0 amide bonds. The van der Waals surface area contributed by atoms with Gasteiger partial charge in [-0.2, -0.15) is 0 Å². The van der Waals surface area contributed by atoms with Gasteiger partial charge in [-0.1, -0.05) is 30.3 Å². The first-order valence-corrected chi connectivity index (χ1v) is 5.73. The summed E-state index contributed by atoms with van der Waals surface area (Å²) in [5.74, 6) is 5.57. The molecule has 3 N–H and O–H groups in total. The Hall–Kier alpha value is -1.23. The van der Waals surface area contributed by atoms with E-state index in [1.807, 2.05) is 42.5 Å². The predicted octanol–water partition coefficient (Wildman–Crippen LogP) is 2.40. The van der Waals surface area contributed by atoms with Crippen LogP contribution in [0.15, 0.2) is 53.1 Å². The average Bonchev–Trinajstić information content (AvgIpc) is 2.34. The average molecular weight is 278 g/mol. The number of nitrogens with zero attached hydrogens (tertiary/aromatic N) is 1. The van der Waals surface area contributed by atoms with Gasteiger partial charge in [-0.05, 0) is 33.6 Å². The molecule has 1 unspecified atom stereocenters. The van der Waals surface area contributed by atoms with Crippen molar-refractivity contribution < 1.29 is 0 Å². The zero-order valence-corrected chi connectivity index (χ0v) is 10.2. The van der Waals surface area contributed by atoms with Gasteiger partial charge in [0.2, 0.25) is 0 Å². The molecule has 1 aromatic heterocycles. The summed E-state index contributed by atoms with van der Waals surface area (Å²) >= 11 is 3.36. The number of halogens is 1. The normalized spacial score (nSPS) is 12.4. The maximum absolute atomic E-state index is 5.57. The van der Waals surface area contributed by atoms with Crippen molar-refractivity contribution in [3.8, 4) is 0 Å². The molecule has 16 heavy (non-hydrogen) atoms. The molecule has 0 radical (unpaired) electrons. The standard InChI is InChI=1S/C12H12BrN3/c13-10-6-7-11(15-8-10)12(16-14)9-4-2-1-3-5-9/h1-8,12,16H,14H2. The van der Waals surface area contributed by atoms with Crippen LogP contribution in [-0.2, 0) is 0 Å². The van der Waals surface area contributed by atoms with E-state index in [1.54, 1.807) is 6.20 Å². The van der Waals surface area contributed by atoms with E-state index in [1.165, 1.54) is 0 Å². The molecule has 0 spiro atoms. The fraction of sp³-hybridized carbons (Fsp3) is 0.0833. The van der Waals surface area contributed by atoms with Crippen LogP contribution < -0.4 is 11.3 Å². The predicted molar refractivity (Wildman–Crippen MR) is 67.5 cm³/mol. The zero-order chi connectivity index (χ0) is 11.4. The first-order valence-electron chi connectivity index (χ1n) is 4.94. The van der Waals surface area contributed by atoms with Gasteiger partial charge < -0.3 is 0 Å². The molecule has 2 aromatic rings. The third-order valence-electron chi connectivity index (χ3n) is 2.35. The first-order chi connectivity index (χ1) is 7.81. The summed E-state index contributed by atoms with van der Waals surface area (Å²) in [5.41, 5.74) is 4.77. The van der Waals surface area contributed by atoms with Crippen molar-refractivity contribution in [1.29, 1.82) is 0 Å². The highest BCUT2D eigenvalue weighted by molar-refractivity contribution is 9.10. The Morgan fingerprint density at radius 2 is 1.88 bits per heavy atom. The first kappa shape index (κ1) is 11.3. The lowest BCUT2D eigenvalue weighted by molar-refractivity contribution is 0.620. The number of rotatable bonds is 3. The Morgan fingerprint density at radius 3 is 2.44 bits per heavy atom. The number of hydrazine groups is 1. The Kier molecular flexibility index (Phi) is 3.66. The summed E-state index contributed by atoms with van der Waals surface area (Å²) in [6.45, 7) is 0. The Balaban J connectivity index is 2.33. The van der Waals surface area contributed by atoms with Gasteiger partial charge in [0.25, 0.3) is 0 Å². The van der Waals surface area contributed by atoms with Crippen molar-refractivity contribution in [2.24, 2.45) is 5.84 Å². The number of pyridine rings is 1. The Bertz CT molecular complexity index is 442. The van der Waals surface area contributed by atoms with E-state index in [-0.39, 0.29) is 6.04 Å². The molecule has 1 atom stereocenters. The number of hydrogen-bond acceptors (Lipinski definition) is 3. The molecule has 0 aliphatic heterocycles. The van der Waals surface area contributed by atoms with E-state index in [0.717, 1.165) is 15.7 Å². The quantitative estimate of drug-likeness (QED) is 0.669. The Morgan fingerprint density at radius 1 is 1.12 bits per heavy atom. The third-order valence-corrected chi connectivity index (χ3v) is 2.81. The van der Waals surface area contributed by atoms with Gasteiger partial charge in [0.05, 0.1) is 11.7 Å². The minimum Gasteiger partial charge on any atom is -0.271 e. The molecule has 2 rings (SSSR count). The second kappa shape index (κ2) is 5.21. The van der Waals surface area contributed by atoms with Crippen molar-refractivity contribution in [3.05, 3.63) is 64.4 Å². The van der Waals surface area contributed by atoms with Crippen molar-refractivity contribution in [1.82, 2.24) is 10.4 Å². The van der Waals surface area contributed by atoms with Crippen LogP contribution in [0.5, 0.6) is 0 Å². The highest BCUT2D eigenvalue weighted by Crippen LogP contribution is 2.20. The van der Waals surface area contributed by atoms with Crippen molar-refractivity contribution in [2.45, 2.75) is 6.04 Å². The van der Waals surface area contributed by atoms with Crippen molar-refractivity contribution in [2.75, 3.05) is 0 Å². The van der Waals surface area contributed by atoms with Crippen LogP contribution in [0, 0.1) is 0 Å². The van der Waals surface area contributed by atoms with Gasteiger partial charge in [-0.15, -0.1) is 0 Å². The van der Waals surface area contributed by atoms with E-state index in [9.17, 15) is 0 Å². The number of nitrogens with one attached hydrogen (secondary N) is 1. The van der Waals surface area contributed by atoms with Crippen LogP contribution >= 0.6 is 15.9 Å². The van der Waals surface area contributed by atoms with Gasteiger partial charge in [0, 0.05) is 10.7 Å². The molecular formula is C12H12BrN3. The van der Waals surface area contributed by atoms with Crippen molar-refractivity contribution in [3.63, 3.8) is 0 Å². The van der Waals surface area contributed by atoms with Crippen LogP contribution in [0.3, 0.4) is 0 Å². The summed E-state index contributed by atoms with van der Waals surface area (Å²) in [6.07, 6.45) is 1.77. The molecule has 0 aliphatic rings. The third kappa shape index (κ3) is 2.47. The van der Waals surface area contributed by atoms with Gasteiger partial charge in [0.1, 0.15) is 0 Å². The van der Waals surface area contributed by atoms with Crippen LogP contribution in [0.2, 0.25) is 0 Å². The van der Waals surface area contributed by atoms with Gasteiger partial charge >= 0.3 is 0 Å². The monoisotopic (exact) mass is 277 g/mol. The molecule has 1 aromatic carbocycles. The highest BCUT2D eigenvalue weighted by Gasteiger charge is 2.12. The summed E-state index contributed by atoms with van der Waals surface area (Å²) in [6, 6.07) is 13.8. The van der Waals surface area contributed by atoms with Crippen LogP contribution in [0.25, 0.3) is 0 Å². The molecule has 0 aliphatic carbocycles. The molecule has 1 heterocycles. The van der Waals surface area contributed by atoms with E-state index in [0.29, 0.717) is 0 Å². The lowest BCUT2D eigenvalue weighted by atomic mass is 10.0. The number of aromatic nitrogens is 1. The minimum absolute atomic E-state index is 0.0747. The molecule has 4 heteroatoms. The van der Waals surface area contributed by atoms with Crippen LogP contribution in [0.1, 0.15) is 17.3 Å². The van der Waals surface area contributed by atoms with E-state index in [2.05, 4.69) is 26.3 Å². The summed E-state index contributed by atoms with van der Waals surface area (Å²) in [4.78, 5) is 4.34. The summed E-state index contributed by atoms with van der Waals surface area (Å²) in [7, 11) is 0. The second-order valence-electron chi connectivity index (χ2n) is 3.41. The molecular weight excluding hydrogens is 266 g/mol. The SMILES string of the molecule is NNC(c1ccccc1)c1ccc(Br)cn1. The number of benzene rings is 1. The largest absolute Gasteiger partial charge is 0.271 e. The summed E-state index contributed by atoms with van der Waals surface area (Å²) in [5, 5.41) is 0. The smallest absolute Gasteiger partial charge is 0.0881 e. The molecule has 3 nitrogen and oxygen atoms in total. The molecule has 82 valence electrons. The maximum Gasteiger partial charge on any atom is 0.0881 e. The van der Waals surface area contributed by atoms with E-state index >= 15 is 0 Å². The second-order valence-corrected chi connectivity index (χ2v) is 4.33. The zero-order valence-electron chi connectivity index (χ0n) is 8.60.